The van der Waals surface area contributed by atoms with Gasteiger partial charge in [0.2, 0.25) is 15.7 Å². The Morgan fingerprint density at radius 3 is 2.48 bits per heavy atom. The molecule has 2 heterocycles. The number of nitrogens with zero attached hydrogens (tertiary/aromatic N) is 3. The smallest absolute Gasteiger partial charge is 0.274 e. The number of sulfone groups is 1. The topological polar surface area (TPSA) is 111 Å². The van der Waals surface area contributed by atoms with Crippen molar-refractivity contribution in [3.05, 3.63) is 81.9 Å². The number of fused-ring (bicyclic) bond motifs is 1. The lowest BCUT2D eigenvalue weighted by Crippen LogP contribution is -2.23. The molecule has 10 heteroatoms. The van der Waals surface area contributed by atoms with Crippen molar-refractivity contribution >= 4 is 32.2 Å². The molecule has 0 amide bonds. The lowest BCUT2D eigenvalue weighted by atomic mass is 10.2. The number of aromatic nitrogens is 3. The molecule has 0 radical (unpaired) electrons. The van der Waals surface area contributed by atoms with E-state index in [4.69, 9.17) is 16.3 Å². The van der Waals surface area contributed by atoms with E-state index in [0.717, 1.165) is 4.68 Å². The summed E-state index contributed by atoms with van der Waals surface area (Å²) in [6.45, 7) is -0.0841. The molecule has 0 bridgehead atoms. The number of benzene rings is 2. The lowest BCUT2D eigenvalue weighted by molar-refractivity contribution is 0.414. The van der Waals surface area contributed by atoms with Gasteiger partial charge in [-0.05, 0) is 48.5 Å². The summed E-state index contributed by atoms with van der Waals surface area (Å²) < 4.78 is 32.1. The van der Waals surface area contributed by atoms with E-state index in [9.17, 15) is 18.3 Å². The first-order valence-corrected chi connectivity index (χ1v) is 10.9. The predicted molar refractivity (Wildman–Crippen MR) is 114 cm³/mol. The third-order valence-electron chi connectivity index (χ3n) is 4.79. The molecule has 4 aromatic rings. The van der Waals surface area contributed by atoms with Gasteiger partial charge in [-0.25, -0.2) is 18.1 Å². The molecule has 2 aromatic heterocycles. The van der Waals surface area contributed by atoms with E-state index in [2.05, 4.69) is 10.1 Å². The fraction of sp³-hybridized carbons (Fsp3) is 0.0952. The maximum atomic E-state index is 13.0. The van der Waals surface area contributed by atoms with E-state index in [1.807, 2.05) is 0 Å². The molecule has 0 spiro atoms. The zero-order valence-corrected chi connectivity index (χ0v) is 17.8. The number of pyridine rings is 1. The number of halogens is 1. The summed E-state index contributed by atoms with van der Waals surface area (Å²) in [5.41, 5.74) is -0.193. The van der Waals surface area contributed by atoms with Crippen LogP contribution in [0.3, 0.4) is 0 Å². The lowest BCUT2D eigenvalue weighted by Gasteiger charge is -2.10. The molecule has 2 aromatic carbocycles. The molecule has 0 fully saturated rings. The Kier molecular flexibility index (Phi) is 5.38. The fourth-order valence-corrected chi connectivity index (χ4v) is 4.59. The summed E-state index contributed by atoms with van der Waals surface area (Å²) in [7, 11) is -2.29. The summed E-state index contributed by atoms with van der Waals surface area (Å²) in [6, 6.07) is 11.8. The normalized spacial score (nSPS) is 11.5. The first kappa shape index (κ1) is 20.8. The Hall–Kier alpha value is -3.43. The fourth-order valence-electron chi connectivity index (χ4n) is 3.09. The molecule has 0 atom stereocenters. The highest BCUT2D eigenvalue weighted by molar-refractivity contribution is 7.91. The van der Waals surface area contributed by atoms with Gasteiger partial charge in [0.05, 0.1) is 45.6 Å². The average Bonchev–Trinajstić information content (AvgIpc) is 2.77. The molecule has 0 aliphatic rings. The summed E-state index contributed by atoms with van der Waals surface area (Å²) >= 11 is 6.08. The minimum absolute atomic E-state index is 0.0389. The molecule has 0 unspecified atom stereocenters. The van der Waals surface area contributed by atoms with Gasteiger partial charge in [-0.3, -0.25) is 4.79 Å². The van der Waals surface area contributed by atoms with Gasteiger partial charge in [-0.15, -0.1) is 0 Å². The van der Waals surface area contributed by atoms with Crippen LogP contribution in [0.15, 0.2) is 75.5 Å². The Balaban J connectivity index is 1.74. The van der Waals surface area contributed by atoms with Crippen LogP contribution < -0.4 is 10.3 Å². The van der Waals surface area contributed by atoms with Gasteiger partial charge < -0.3 is 9.84 Å². The van der Waals surface area contributed by atoms with Crippen molar-refractivity contribution in [3.63, 3.8) is 0 Å². The molecule has 31 heavy (non-hydrogen) atoms. The SMILES string of the molecule is COc1ccc(S(=O)(=O)c2ccc3c(=O)n(Cc4c(Cl)ccnc4O)ncc3c2)cc1. The van der Waals surface area contributed by atoms with Crippen LogP contribution in [0, 0.1) is 0 Å². The number of hydrogen-bond donors (Lipinski definition) is 1. The maximum Gasteiger partial charge on any atom is 0.274 e. The molecule has 0 aliphatic heterocycles. The number of rotatable bonds is 5. The first-order chi connectivity index (χ1) is 14.8. The first-order valence-electron chi connectivity index (χ1n) is 9.02. The van der Waals surface area contributed by atoms with Crippen LogP contribution in [0.25, 0.3) is 10.8 Å². The van der Waals surface area contributed by atoms with Gasteiger partial charge in [0.1, 0.15) is 5.75 Å². The van der Waals surface area contributed by atoms with Gasteiger partial charge in [-0.1, -0.05) is 11.6 Å². The standard InChI is InChI=1S/C21H16ClN3O5S/c1-30-14-2-4-15(5-3-14)31(28,29)16-6-7-17-13(10-16)11-24-25(21(17)27)12-18-19(22)8-9-23-20(18)26/h2-11H,12H2,1H3,(H,23,26). The van der Waals surface area contributed by atoms with Crippen molar-refractivity contribution in [1.82, 2.24) is 14.8 Å². The molecule has 8 nitrogen and oxygen atoms in total. The zero-order chi connectivity index (χ0) is 22.2. The van der Waals surface area contributed by atoms with Gasteiger partial charge in [0.15, 0.2) is 0 Å². The van der Waals surface area contributed by atoms with Gasteiger partial charge in [-0.2, -0.15) is 5.10 Å². The van der Waals surface area contributed by atoms with Crippen LogP contribution in [0.4, 0.5) is 0 Å². The molecule has 0 aliphatic carbocycles. The van der Waals surface area contributed by atoms with Crippen molar-refractivity contribution in [3.8, 4) is 11.6 Å². The highest BCUT2D eigenvalue weighted by atomic mass is 35.5. The van der Waals surface area contributed by atoms with Crippen LogP contribution >= 0.6 is 11.6 Å². The van der Waals surface area contributed by atoms with Crippen LogP contribution in [-0.4, -0.2) is 35.4 Å². The van der Waals surface area contributed by atoms with E-state index in [1.54, 1.807) is 12.1 Å². The number of ether oxygens (including phenoxy) is 1. The van der Waals surface area contributed by atoms with Crippen molar-refractivity contribution in [1.29, 1.82) is 0 Å². The van der Waals surface area contributed by atoms with Crippen molar-refractivity contribution in [2.75, 3.05) is 7.11 Å². The number of methoxy groups -OCH3 is 1. The predicted octanol–water partition coefficient (Wildman–Crippen LogP) is 3.04. The van der Waals surface area contributed by atoms with Gasteiger partial charge >= 0.3 is 0 Å². The Labute approximate surface area is 182 Å². The number of hydrogen-bond acceptors (Lipinski definition) is 7. The molecule has 4 rings (SSSR count). The van der Waals surface area contributed by atoms with E-state index < -0.39 is 15.4 Å². The molecule has 0 saturated carbocycles. The summed E-state index contributed by atoms with van der Waals surface area (Å²) in [5, 5.41) is 14.9. The minimum atomic E-state index is -3.79. The maximum absolute atomic E-state index is 13.0. The molecule has 1 N–H and O–H groups in total. The molecular formula is C21H16ClN3O5S. The van der Waals surface area contributed by atoms with Crippen LogP contribution in [-0.2, 0) is 16.4 Å². The quantitative estimate of drug-likeness (QED) is 0.490. The van der Waals surface area contributed by atoms with E-state index >= 15 is 0 Å². The van der Waals surface area contributed by atoms with Crippen molar-refractivity contribution in [2.45, 2.75) is 16.3 Å². The average molecular weight is 458 g/mol. The minimum Gasteiger partial charge on any atom is -0.497 e. The molecule has 158 valence electrons. The monoisotopic (exact) mass is 457 g/mol. The Morgan fingerprint density at radius 1 is 1.10 bits per heavy atom. The van der Waals surface area contributed by atoms with Gasteiger partial charge in [0.25, 0.3) is 5.56 Å². The molecular weight excluding hydrogens is 442 g/mol. The Morgan fingerprint density at radius 2 is 1.81 bits per heavy atom. The molecule has 0 saturated heterocycles. The second kappa shape index (κ2) is 8.01. The van der Waals surface area contributed by atoms with E-state index in [0.29, 0.717) is 11.1 Å². The van der Waals surface area contributed by atoms with Gasteiger partial charge in [0, 0.05) is 11.6 Å². The summed E-state index contributed by atoms with van der Waals surface area (Å²) in [4.78, 5) is 16.8. The third kappa shape index (κ3) is 3.85. The van der Waals surface area contributed by atoms with Crippen molar-refractivity contribution in [2.24, 2.45) is 0 Å². The van der Waals surface area contributed by atoms with Crippen LogP contribution in [0.5, 0.6) is 11.6 Å². The summed E-state index contributed by atoms with van der Waals surface area (Å²) in [6.07, 6.45) is 2.74. The third-order valence-corrected chi connectivity index (χ3v) is 6.91. The second-order valence-electron chi connectivity index (χ2n) is 6.63. The Bertz CT molecular complexity index is 1430. The van der Waals surface area contributed by atoms with Crippen LogP contribution in [0.2, 0.25) is 5.02 Å². The number of aromatic hydroxyl groups is 1. The largest absolute Gasteiger partial charge is 0.497 e. The summed E-state index contributed by atoms with van der Waals surface area (Å²) in [5.74, 6) is 0.254. The zero-order valence-electron chi connectivity index (χ0n) is 16.2. The van der Waals surface area contributed by atoms with Crippen LogP contribution in [0.1, 0.15) is 5.56 Å². The van der Waals surface area contributed by atoms with E-state index in [-0.39, 0.29) is 38.2 Å². The second-order valence-corrected chi connectivity index (χ2v) is 8.99. The van der Waals surface area contributed by atoms with Crippen molar-refractivity contribution < 1.29 is 18.3 Å². The highest BCUT2D eigenvalue weighted by Crippen LogP contribution is 2.26. The highest BCUT2D eigenvalue weighted by Gasteiger charge is 2.19. The van der Waals surface area contributed by atoms with E-state index in [1.165, 1.54) is 55.9 Å².